The molecule has 0 saturated carbocycles. The third-order valence-corrected chi connectivity index (χ3v) is 3.17. The van der Waals surface area contributed by atoms with Crippen LogP contribution in [-0.4, -0.2) is 35.6 Å². The molecule has 0 unspecified atom stereocenters. The van der Waals surface area contributed by atoms with Crippen molar-refractivity contribution >= 4 is 5.91 Å². The van der Waals surface area contributed by atoms with Crippen LogP contribution >= 0.6 is 0 Å². The Balaban J connectivity index is 3.47. The van der Waals surface area contributed by atoms with E-state index in [-0.39, 0.29) is 5.91 Å². The van der Waals surface area contributed by atoms with E-state index in [2.05, 4.69) is 13.2 Å². The summed E-state index contributed by atoms with van der Waals surface area (Å²) in [6, 6.07) is 0. The van der Waals surface area contributed by atoms with Crippen molar-refractivity contribution in [1.82, 2.24) is 4.90 Å². The Hall–Kier alpha value is -1.09. The molecule has 1 amide bonds. The Morgan fingerprint density at radius 2 is 1.47 bits per heavy atom. The van der Waals surface area contributed by atoms with Crippen molar-refractivity contribution in [2.75, 3.05) is 19.7 Å². The number of unbranched alkanes of at least 4 members (excludes halogenated alkanes) is 7. The van der Waals surface area contributed by atoms with E-state index in [4.69, 9.17) is 5.11 Å². The quantitative estimate of drug-likeness (QED) is 0.316. The third kappa shape index (κ3) is 10.5. The number of rotatable bonds is 13. The van der Waals surface area contributed by atoms with E-state index in [0.717, 1.165) is 32.2 Å². The van der Waals surface area contributed by atoms with Crippen molar-refractivity contribution in [1.29, 1.82) is 0 Å². The number of aliphatic hydroxyl groups excluding tert-OH is 1. The summed E-state index contributed by atoms with van der Waals surface area (Å²) in [5.41, 5.74) is 0. The first-order valence-corrected chi connectivity index (χ1v) is 7.39. The van der Waals surface area contributed by atoms with Crippen LogP contribution in [-0.2, 0) is 4.79 Å². The molecule has 0 aromatic carbocycles. The Bertz CT molecular complexity index is 251. The molecule has 0 fully saturated rings. The molecule has 0 saturated heterocycles. The van der Waals surface area contributed by atoms with Crippen LogP contribution in [0.3, 0.4) is 0 Å². The second-order valence-electron chi connectivity index (χ2n) is 4.83. The first-order valence-electron chi connectivity index (χ1n) is 7.39. The van der Waals surface area contributed by atoms with Crippen LogP contribution in [0.2, 0.25) is 0 Å². The summed E-state index contributed by atoms with van der Waals surface area (Å²) in [4.78, 5) is 13.3. The van der Waals surface area contributed by atoms with E-state index < -0.39 is 0 Å². The molecule has 0 aliphatic carbocycles. The van der Waals surface area contributed by atoms with Crippen LogP contribution in [0, 0.1) is 0 Å². The molecule has 0 rings (SSSR count). The lowest BCUT2D eigenvalue weighted by atomic mass is 10.1. The minimum atomic E-state index is -0.0103. The van der Waals surface area contributed by atoms with Gasteiger partial charge in [-0.25, -0.2) is 0 Å². The summed E-state index contributed by atoms with van der Waals surface area (Å²) in [6.45, 7) is 8.89. The fourth-order valence-electron chi connectivity index (χ4n) is 2.05. The van der Waals surface area contributed by atoms with Crippen LogP contribution in [0.15, 0.2) is 25.3 Å². The van der Waals surface area contributed by atoms with E-state index in [1.807, 2.05) is 0 Å². The molecule has 0 radical (unpaired) electrons. The van der Waals surface area contributed by atoms with Gasteiger partial charge in [-0.3, -0.25) is 4.79 Å². The summed E-state index contributed by atoms with van der Waals surface area (Å²) >= 11 is 0. The molecule has 0 heterocycles. The highest BCUT2D eigenvalue weighted by Crippen LogP contribution is 2.09. The van der Waals surface area contributed by atoms with Crippen LogP contribution in [0.25, 0.3) is 0 Å². The maximum absolute atomic E-state index is 11.5. The largest absolute Gasteiger partial charge is 0.396 e. The smallest absolute Gasteiger partial charge is 0.246 e. The molecule has 19 heavy (non-hydrogen) atoms. The summed E-state index contributed by atoms with van der Waals surface area (Å²) in [7, 11) is 0. The molecule has 0 atom stereocenters. The van der Waals surface area contributed by atoms with E-state index >= 15 is 0 Å². The minimum absolute atomic E-state index is 0.0103. The van der Waals surface area contributed by atoms with Crippen molar-refractivity contribution in [2.24, 2.45) is 0 Å². The van der Waals surface area contributed by atoms with Gasteiger partial charge in [-0.15, -0.1) is 6.58 Å². The van der Waals surface area contributed by atoms with Crippen molar-refractivity contribution in [3.63, 3.8) is 0 Å². The Morgan fingerprint density at radius 1 is 0.947 bits per heavy atom. The highest BCUT2D eigenvalue weighted by molar-refractivity contribution is 5.87. The summed E-state index contributed by atoms with van der Waals surface area (Å²) < 4.78 is 0. The minimum Gasteiger partial charge on any atom is -0.396 e. The standard InChI is InChI=1S/C16H29NO2/c1-3-13-17(16(19)4-2)14-11-9-7-5-6-8-10-12-15-18/h3-4,18H,1-2,5-15H2. The van der Waals surface area contributed by atoms with E-state index in [0.29, 0.717) is 13.2 Å². The zero-order valence-corrected chi connectivity index (χ0v) is 12.1. The van der Waals surface area contributed by atoms with Gasteiger partial charge in [0.05, 0.1) is 0 Å². The summed E-state index contributed by atoms with van der Waals surface area (Å²) in [5.74, 6) is -0.0103. The second-order valence-corrected chi connectivity index (χ2v) is 4.83. The van der Waals surface area contributed by atoms with Gasteiger partial charge in [-0.2, -0.15) is 0 Å². The zero-order chi connectivity index (χ0) is 14.3. The molecule has 3 heteroatoms. The number of hydrogen-bond acceptors (Lipinski definition) is 2. The van der Waals surface area contributed by atoms with Gasteiger partial charge in [0.15, 0.2) is 0 Å². The van der Waals surface area contributed by atoms with Gasteiger partial charge in [0.2, 0.25) is 5.91 Å². The Labute approximate surface area is 118 Å². The maximum atomic E-state index is 11.5. The van der Waals surface area contributed by atoms with Crippen LogP contribution in [0.5, 0.6) is 0 Å². The van der Waals surface area contributed by atoms with Crippen LogP contribution < -0.4 is 0 Å². The number of carbonyl (C=O) groups is 1. The first-order chi connectivity index (χ1) is 9.26. The monoisotopic (exact) mass is 267 g/mol. The predicted octanol–water partition coefficient (Wildman–Crippen LogP) is 3.30. The SMILES string of the molecule is C=CCN(CCCCCCCCCCO)C(=O)C=C. The third-order valence-electron chi connectivity index (χ3n) is 3.17. The Morgan fingerprint density at radius 3 is 1.95 bits per heavy atom. The van der Waals surface area contributed by atoms with Gasteiger partial charge in [0, 0.05) is 19.7 Å². The van der Waals surface area contributed by atoms with Gasteiger partial charge < -0.3 is 10.0 Å². The number of nitrogens with zero attached hydrogens (tertiary/aromatic N) is 1. The van der Waals surface area contributed by atoms with Gasteiger partial charge >= 0.3 is 0 Å². The molecular formula is C16H29NO2. The summed E-state index contributed by atoms with van der Waals surface area (Å²) in [5, 5.41) is 8.65. The molecule has 0 bridgehead atoms. The van der Waals surface area contributed by atoms with Crippen molar-refractivity contribution in [2.45, 2.75) is 51.4 Å². The summed E-state index contributed by atoms with van der Waals surface area (Å²) in [6.07, 6.45) is 12.3. The molecule has 3 nitrogen and oxygen atoms in total. The number of carbonyl (C=O) groups excluding carboxylic acids is 1. The van der Waals surface area contributed by atoms with Gasteiger partial charge in [0.25, 0.3) is 0 Å². The number of amides is 1. The maximum Gasteiger partial charge on any atom is 0.246 e. The van der Waals surface area contributed by atoms with Gasteiger partial charge in [0.1, 0.15) is 0 Å². The normalized spacial score (nSPS) is 10.2. The molecule has 0 aliphatic rings. The van der Waals surface area contributed by atoms with Crippen molar-refractivity contribution in [3.8, 4) is 0 Å². The molecule has 0 aliphatic heterocycles. The van der Waals surface area contributed by atoms with Crippen molar-refractivity contribution in [3.05, 3.63) is 25.3 Å². The lowest BCUT2D eigenvalue weighted by Crippen LogP contribution is -2.30. The average molecular weight is 267 g/mol. The molecule has 1 N–H and O–H groups in total. The Kier molecular flexibility index (Phi) is 12.6. The number of aliphatic hydroxyl groups is 1. The van der Waals surface area contributed by atoms with E-state index in [1.165, 1.54) is 31.8 Å². The van der Waals surface area contributed by atoms with Crippen LogP contribution in [0.1, 0.15) is 51.4 Å². The first kappa shape index (κ1) is 17.9. The lowest BCUT2D eigenvalue weighted by Gasteiger charge is -2.19. The molecule has 0 spiro atoms. The average Bonchev–Trinajstić information content (AvgIpc) is 2.43. The second kappa shape index (κ2) is 13.3. The van der Waals surface area contributed by atoms with Gasteiger partial charge in [-0.05, 0) is 18.9 Å². The van der Waals surface area contributed by atoms with Gasteiger partial charge in [-0.1, -0.05) is 51.2 Å². The van der Waals surface area contributed by atoms with Crippen LogP contribution in [0.4, 0.5) is 0 Å². The molecule has 0 aromatic rings. The molecule has 0 aromatic heterocycles. The van der Waals surface area contributed by atoms with Crippen molar-refractivity contribution < 1.29 is 9.90 Å². The number of hydrogen-bond donors (Lipinski definition) is 1. The fraction of sp³-hybridized carbons (Fsp3) is 0.688. The fourth-order valence-corrected chi connectivity index (χ4v) is 2.05. The van der Waals surface area contributed by atoms with E-state index in [1.54, 1.807) is 11.0 Å². The highest BCUT2D eigenvalue weighted by atomic mass is 16.2. The zero-order valence-electron chi connectivity index (χ0n) is 12.1. The molecular weight excluding hydrogens is 238 g/mol. The van der Waals surface area contributed by atoms with E-state index in [9.17, 15) is 4.79 Å². The predicted molar refractivity (Wildman–Crippen MR) is 81.0 cm³/mol. The lowest BCUT2D eigenvalue weighted by molar-refractivity contribution is -0.125. The molecule has 110 valence electrons. The topological polar surface area (TPSA) is 40.5 Å². The highest BCUT2D eigenvalue weighted by Gasteiger charge is 2.06.